The Hall–Kier alpha value is -1.43. The number of ketones is 1. The van der Waals surface area contributed by atoms with Gasteiger partial charge < -0.3 is 15.2 Å². The van der Waals surface area contributed by atoms with E-state index in [-0.39, 0.29) is 51.7 Å². The molecule has 2 N–H and O–H groups in total. The minimum atomic E-state index is -0.275. The molecule has 0 radical (unpaired) electrons. The molecule has 0 saturated heterocycles. The second kappa shape index (κ2) is 12.5. The summed E-state index contributed by atoms with van der Waals surface area (Å²) in [5.74, 6) is 3.90. The third-order valence-electron chi connectivity index (χ3n) is 16.5. The molecule has 0 heterocycles. The van der Waals surface area contributed by atoms with Gasteiger partial charge in [0, 0.05) is 24.8 Å². The highest BCUT2D eigenvalue weighted by Crippen LogP contribution is 2.69. The topological polar surface area (TPSA) is 92.7 Å². The zero-order valence-corrected chi connectivity index (χ0v) is 30.2. The zero-order valence-electron chi connectivity index (χ0n) is 30.2. The highest BCUT2D eigenvalue weighted by molar-refractivity contribution is 5.89. The minimum Gasteiger partial charge on any atom is -0.462 e. The van der Waals surface area contributed by atoms with Gasteiger partial charge in [0.2, 0.25) is 5.91 Å². The molecule has 13 atom stereocenters. The van der Waals surface area contributed by atoms with E-state index in [2.05, 4.69) is 39.9 Å². The van der Waals surface area contributed by atoms with Crippen molar-refractivity contribution in [3.8, 4) is 0 Å². The van der Waals surface area contributed by atoms with Crippen LogP contribution in [-0.4, -0.2) is 41.5 Å². The molecule has 1 amide bonds. The molecule has 0 aromatic heterocycles. The van der Waals surface area contributed by atoms with Gasteiger partial charge in [0.05, 0.1) is 12.0 Å². The Labute approximate surface area is 279 Å². The van der Waals surface area contributed by atoms with E-state index in [4.69, 9.17) is 4.74 Å². The van der Waals surface area contributed by atoms with Crippen molar-refractivity contribution in [1.29, 1.82) is 0 Å². The van der Waals surface area contributed by atoms with Gasteiger partial charge in [-0.2, -0.15) is 0 Å². The van der Waals surface area contributed by atoms with Crippen LogP contribution in [0, 0.1) is 69.0 Å². The Balaban J connectivity index is 1.02. The van der Waals surface area contributed by atoms with Crippen LogP contribution in [0.3, 0.4) is 0 Å². The number of Topliss-reactive ketones (excluding diaryl/α,β-unsaturated/α-hetero) is 1. The molecule has 0 spiro atoms. The first kappa shape index (κ1) is 34.4. The number of rotatable bonds is 10. The number of hydrogen-bond acceptors (Lipinski definition) is 5. The summed E-state index contributed by atoms with van der Waals surface area (Å²) in [4.78, 5) is 38.5. The largest absolute Gasteiger partial charge is 0.462 e. The average molecular weight is 640 g/mol. The van der Waals surface area contributed by atoms with E-state index < -0.39 is 0 Å². The summed E-state index contributed by atoms with van der Waals surface area (Å²) in [7, 11) is 0. The molecule has 6 rings (SSSR count). The van der Waals surface area contributed by atoms with E-state index >= 15 is 0 Å². The normalized spacial score (nSPS) is 45.3. The molecule has 10 unspecified atom stereocenters. The highest BCUT2D eigenvalue weighted by atomic mass is 16.5. The number of carbonyl (C=O) groups is 3. The van der Waals surface area contributed by atoms with Crippen molar-refractivity contribution in [2.45, 2.75) is 157 Å². The summed E-state index contributed by atoms with van der Waals surface area (Å²) in [6, 6.07) is 0. The summed E-state index contributed by atoms with van der Waals surface area (Å²) < 4.78 is 5.98. The molecule has 6 nitrogen and oxygen atoms in total. The first-order valence-corrected chi connectivity index (χ1v) is 19.4. The second-order valence-corrected chi connectivity index (χ2v) is 18.4. The Bertz CT molecular complexity index is 1180. The third-order valence-corrected chi connectivity index (χ3v) is 16.5. The van der Waals surface area contributed by atoms with Crippen LogP contribution < -0.4 is 5.32 Å². The van der Waals surface area contributed by atoms with Crippen molar-refractivity contribution in [1.82, 2.24) is 5.32 Å². The van der Waals surface area contributed by atoms with Crippen molar-refractivity contribution in [3.63, 3.8) is 0 Å². The molecule has 6 saturated carbocycles. The number of amides is 1. The predicted octanol–water partition coefficient (Wildman–Crippen LogP) is 7.89. The number of aliphatic hydroxyl groups is 1. The van der Waals surface area contributed by atoms with E-state index in [0.29, 0.717) is 60.2 Å². The minimum absolute atomic E-state index is 0.00195. The van der Waals surface area contributed by atoms with Crippen molar-refractivity contribution in [2.24, 2.45) is 69.0 Å². The number of aliphatic hydroxyl groups excluding tert-OH is 1. The molecule has 6 aliphatic rings. The quantitative estimate of drug-likeness (QED) is 0.237. The molecule has 46 heavy (non-hydrogen) atoms. The summed E-state index contributed by atoms with van der Waals surface area (Å²) in [6.07, 6.45) is 14.2. The van der Waals surface area contributed by atoms with Crippen LogP contribution in [0.4, 0.5) is 0 Å². The Morgan fingerprint density at radius 1 is 0.935 bits per heavy atom. The monoisotopic (exact) mass is 639 g/mol. The van der Waals surface area contributed by atoms with Crippen LogP contribution in [-0.2, 0) is 19.1 Å². The Kier molecular flexibility index (Phi) is 9.34. The van der Waals surface area contributed by atoms with Crippen molar-refractivity contribution < 1.29 is 24.2 Å². The van der Waals surface area contributed by atoms with Gasteiger partial charge in [0.15, 0.2) is 0 Å². The summed E-state index contributed by atoms with van der Waals surface area (Å²) in [5.41, 5.74) is 0.258. The van der Waals surface area contributed by atoms with Gasteiger partial charge in [-0.05, 0) is 141 Å². The molecule has 0 aromatic carbocycles. The van der Waals surface area contributed by atoms with Gasteiger partial charge in [0.1, 0.15) is 11.9 Å². The summed E-state index contributed by atoms with van der Waals surface area (Å²) in [6.45, 7) is 16.5. The van der Waals surface area contributed by atoms with Crippen LogP contribution in [0.2, 0.25) is 0 Å². The number of ether oxygens (including phenoxy) is 1. The maximum Gasteiger partial charge on any atom is 0.308 e. The van der Waals surface area contributed by atoms with Crippen molar-refractivity contribution in [3.05, 3.63) is 0 Å². The van der Waals surface area contributed by atoms with Gasteiger partial charge in [-0.3, -0.25) is 14.4 Å². The van der Waals surface area contributed by atoms with Crippen molar-refractivity contribution in [2.75, 3.05) is 6.54 Å². The highest BCUT2D eigenvalue weighted by Gasteiger charge is 2.64. The van der Waals surface area contributed by atoms with Gasteiger partial charge in [0.25, 0.3) is 0 Å². The lowest BCUT2D eigenvalue weighted by atomic mass is 9.43. The van der Waals surface area contributed by atoms with E-state index in [0.717, 1.165) is 64.2 Å². The van der Waals surface area contributed by atoms with Gasteiger partial charge in [-0.1, -0.05) is 48.5 Å². The molecule has 0 aromatic rings. The fourth-order valence-corrected chi connectivity index (χ4v) is 13.1. The molecular weight excluding hydrogens is 574 g/mol. The van der Waals surface area contributed by atoms with E-state index in [1.54, 1.807) is 0 Å². The van der Waals surface area contributed by atoms with Gasteiger partial charge in [-0.15, -0.1) is 0 Å². The number of fused-ring (bicyclic) bond motifs is 7. The Morgan fingerprint density at radius 2 is 1.65 bits per heavy atom. The maximum absolute atomic E-state index is 13.0. The smallest absolute Gasteiger partial charge is 0.308 e. The SMILES string of the molecule is CCC(C)C(=O)O[C@H]1CC[C@@]2(C)C(CC(O)C3C4CCC(C(C)CCC(=O)NCCC56CCC(CC5=O)C6(C)C)[C@@]4(C)CCC32)C1. The fraction of sp³-hybridized carbons (Fsp3) is 0.925. The summed E-state index contributed by atoms with van der Waals surface area (Å²) in [5, 5.41) is 15.0. The lowest BCUT2D eigenvalue weighted by Gasteiger charge is -2.62. The number of esters is 1. The average Bonchev–Trinajstić information content (AvgIpc) is 3.55. The second-order valence-electron chi connectivity index (χ2n) is 18.4. The maximum atomic E-state index is 13.0. The number of nitrogens with one attached hydrogen (secondary N) is 1. The predicted molar refractivity (Wildman–Crippen MR) is 181 cm³/mol. The van der Waals surface area contributed by atoms with Gasteiger partial charge >= 0.3 is 5.97 Å². The lowest BCUT2D eigenvalue weighted by molar-refractivity contribution is -0.184. The van der Waals surface area contributed by atoms with Crippen LogP contribution in [0.25, 0.3) is 0 Å². The summed E-state index contributed by atoms with van der Waals surface area (Å²) >= 11 is 0. The lowest BCUT2D eigenvalue weighted by Crippen LogP contribution is -2.58. The fourth-order valence-electron chi connectivity index (χ4n) is 13.1. The third kappa shape index (κ3) is 5.41. The zero-order chi connectivity index (χ0) is 33.2. The Morgan fingerprint density at radius 3 is 2.33 bits per heavy atom. The molecule has 6 fully saturated rings. The van der Waals surface area contributed by atoms with Crippen LogP contribution in [0.1, 0.15) is 145 Å². The van der Waals surface area contributed by atoms with Crippen LogP contribution >= 0.6 is 0 Å². The number of hydrogen-bond donors (Lipinski definition) is 2. The van der Waals surface area contributed by atoms with Crippen LogP contribution in [0.5, 0.6) is 0 Å². The van der Waals surface area contributed by atoms with Gasteiger partial charge in [-0.25, -0.2) is 0 Å². The van der Waals surface area contributed by atoms with E-state index in [1.807, 2.05) is 13.8 Å². The number of carbonyl (C=O) groups excluding carboxylic acids is 3. The molecule has 6 heteroatoms. The molecule has 6 aliphatic carbocycles. The van der Waals surface area contributed by atoms with Crippen LogP contribution in [0.15, 0.2) is 0 Å². The van der Waals surface area contributed by atoms with Crippen molar-refractivity contribution >= 4 is 17.7 Å². The van der Waals surface area contributed by atoms with E-state index in [1.165, 1.54) is 25.7 Å². The van der Waals surface area contributed by atoms with E-state index in [9.17, 15) is 19.5 Å². The first-order valence-electron chi connectivity index (χ1n) is 19.4. The molecule has 260 valence electrons. The molecule has 0 aliphatic heterocycles. The molecular formula is C40H65NO5. The molecule has 2 bridgehead atoms. The standard InChI is InChI=1S/C40H65NO5/c1-8-24(2)36(45)46-28-14-16-38(6)27(21-28)22-32(42)35-30-11-10-29(39(30,7)17-15-31(35)38)25(3)9-12-34(44)41-20-19-40-18-13-26(23-33(40)43)37(40,4)5/h24-32,35,42H,8-23H2,1-7H3,(H,41,44)/t24?,25?,26?,27?,28-,29?,30?,31?,32?,35?,38-,39+,40?/m0/s1. The first-order chi connectivity index (χ1) is 21.7.